The molecule has 59 heavy (non-hydrogen) atoms. The van der Waals surface area contributed by atoms with Gasteiger partial charge in [0.1, 0.15) is 5.58 Å². The molecule has 0 aliphatic carbocycles. The first-order chi connectivity index (χ1) is 28.6. The maximum absolute atomic E-state index is 8.55. The zero-order valence-corrected chi connectivity index (χ0v) is 38.3. The molecule has 0 aliphatic heterocycles. The number of aromatic nitrogens is 4. The van der Waals surface area contributed by atoms with E-state index in [2.05, 4.69) is 128 Å². The topological polar surface area (TPSA) is 56.7 Å². The van der Waals surface area contributed by atoms with Crippen LogP contribution >= 0.6 is 0 Å². The van der Waals surface area contributed by atoms with Crippen LogP contribution in [0.3, 0.4) is 0 Å². The molecule has 0 amide bonds. The second-order valence-electron chi connectivity index (χ2n) is 17.1. The van der Waals surface area contributed by atoms with E-state index in [-0.39, 0.29) is 31.4 Å². The Labute approximate surface area is 365 Å². The van der Waals surface area contributed by atoms with E-state index in [1.54, 1.807) is 0 Å². The van der Waals surface area contributed by atoms with Crippen LogP contribution in [0, 0.1) is 18.1 Å². The van der Waals surface area contributed by atoms with Crippen LogP contribution in [0.5, 0.6) is 0 Å². The Kier molecular flexibility index (Phi) is 11.3. The van der Waals surface area contributed by atoms with E-state index in [0.717, 1.165) is 72.1 Å². The van der Waals surface area contributed by atoms with E-state index in [1.165, 1.54) is 16.7 Å². The molecule has 0 saturated carbocycles. The number of hydrogen-bond donors (Lipinski definition) is 0. The Balaban J connectivity index is 0.000000210. The van der Waals surface area contributed by atoms with Crippen LogP contribution in [-0.2, 0) is 31.9 Å². The molecule has 0 spiro atoms. The predicted molar refractivity (Wildman–Crippen MR) is 245 cm³/mol. The minimum absolute atomic E-state index is 0. The molecule has 0 bridgehead atoms. The third-order valence-corrected chi connectivity index (χ3v) is 12.3. The molecular formula is C52H50IrN4OSi-2. The maximum Gasteiger partial charge on any atom is 0.120 e. The van der Waals surface area contributed by atoms with E-state index in [1.807, 2.05) is 93.1 Å². The number of para-hydroxylation sites is 1. The number of fused-ring (bicyclic) bond motifs is 4. The Morgan fingerprint density at radius 3 is 2.29 bits per heavy atom. The van der Waals surface area contributed by atoms with Gasteiger partial charge in [-0.3, -0.25) is 9.97 Å². The fourth-order valence-corrected chi connectivity index (χ4v) is 8.93. The second-order valence-corrected chi connectivity index (χ2v) is 22.2. The van der Waals surface area contributed by atoms with Crippen LogP contribution in [0.4, 0.5) is 0 Å². The molecule has 0 saturated heterocycles. The number of hydrogen-bond acceptors (Lipinski definition) is 4. The van der Waals surface area contributed by atoms with Gasteiger partial charge in [0.2, 0.25) is 0 Å². The van der Waals surface area contributed by atoms with E-state index in [9.17, 15) is 0 Å². The van der Waals surface area contributed by atoms with Gasteiger partial charge in [-0.15, -0.1) is 54.1 Å². The first-order valence-electron chi connectivity index (χ1n) is 21.0. The van der Waals surface area contributed by atoms with Gasteiger partial charge < -0.3 is 14.0 Å². The van der Waals surface area contributed by atoms with Gasteiger partial charge in [-0.25, -0.2) is 0 Å². The van der Waals surface area contributed by atoms with Crippen molar-refractivity contribution < 1.29 is 27.3 Å². The smallest absolute Gasteiger partial charge is 0.120 e. The number of pyridine rings is 2. The Hall–Kier alpha value is -5.46. The van der Waals surface area contributed by atoms with Gasteiger partial charge in [0.15, 0.2) is 0 Å². The molecule has 5 aromatic carbocycles. The number of nitrogens with zero attached hydrogens (tertiary/aromatic N) is 4. The first-order valence-corrected chi connectivity index (χ1v) is 23.5. The Bertz CT molecular complexity index is 2970. The summed E-state index contributed by atoms with van der Waals surface area (Å²) >= 11 is 0. The van der Waals surface area contributed by atoms with Crippen molar-refractivity contribution in [2.45, 2.75) is 66.0 Å². The van der Waals surface area contributed by atoms with Gasteiger partial charge in [-0.1, -0.05) is 131 Å². The molecule has 5 nitrogen and oxygen atoms in total. The molecule has 0 aliphatic rings. The van der Waals surface area contributed by atoms with Gasteiger partial charge in [0, 0.05) is 46.3 Å². The fraction of sp³-hybridized carbons (Fsp3) is 0.212. The molecule has 9 aromatic rings. The maximum atomic E-state index is 8.55. The summed E-state index contributed by atoms with van der Waals surface area (Å²) in [6.07, 6.45) is 4.17. The molecule has 4 heterocycles. The molecule has 0 atom stereocenters. The predicted octanol–water partition coefficient (Wildman–Crippen LogP) is 13.0. The molecule has 0 fully saturated rings. The van der Waals surface area contributed by atoms with Gasteiger partial charge >= 0.3 is 0 Å². The van der Waals surface area contributed by atoms with Crippen molar-refractivity contribution >= 4 is 46.2 Å². The average Bonchev–Trinajstić information content (AvgIpc) is 3.82. The molecule has 0 unspecified atom stereocenters. The SMILES string of the molecule is CC(C)(C)c1cc(-c2ccccc2)ccc1-n1c(-c2[c-]ccc3c2oc2ccccc23)nc2cnccc21.[2H]C([2H])(c1cc(-c2[c-]cccc2)ncc1[Si](C)(C)C)C(C)C.[Ir]. The van der Waals surface area contributed by atoms with Crippen molar-refractivity contribution in [3.63, 3.8) is 0 Å². The van der Waals surface area contributed by atoms with Crippen LogP contribution in [-0.4, -0.2) is 27.6 Å². The summed E-state index contributed by atoms with van der Waals surface area (Å²) in [6.45, 7) is 17.3. The van der Waals surface area contributed by atoms with E-state index < -0.39 is 14.4 Å². The summed E-state index contributed by atoms with van der Waals surface area (Å²) in [6, 6.07) is 47.7. The van der Waals surface area contributed by atoms with Gasteiger partial charge in [-0.05, 0) is 69.5 Å². The van der Waals surface area contributed by atoms with Gasteiger partial charge in [0.05, 0.1) is 36.7 Å². The fourth-order valence-electron chi connectivity index (χ4n) is 7.53. The number of imidazole rings is 1. The van der Waals surface area contributed by atoms with Crippen LogP contribution in [0.2, 0.25) is 19.6 Å². The summed E-state index contributed by atoms with van der Waals surface area (Å²) in [7, 11) is -1.67. The van der Waals surface area contributed by atoms with Crippen LogP contribution in [0.1, 0.15) is 48.5 Å². The largest absolute Gasteiger partial charge is 0.501 e. The number of furan rings is 1. The van der Waals surface area contributed by atoms with E-state index in [4.69, 9.17) is 12.1 Å². The summed E-state index contributed by atoms with van der Waals surface area (Å²) in [5.74, 6) is 0.702. The average molecular weight is 969 g/mol. The van der Waals surface area contributed by atoms with Gasteiger partial charge in [0.25, 0.3) is 0 Å². The molecular weight excluding hydrogens is 917 g/mol. The number of benzene rings is 5. The van der Waals surface area contributed by atoms with Crippen molar-refractivity contribution in [3.05, 3.63) is 163 Å². The van der Waals surface area contributed by atoms with Crippen LogP contribution in [0.25, 0.3) is 72.4 Å². The minimum Gasteiger partial charge on any atom is -0.501 e. The minimum atomic E-state index is -1.67. The monoisotopic (exact) mass is 969 g/mol. The number of rotatable bonds is 7. The molecule has 299 valence electrons. The molecule has 9 rings (SSSR count). The molecule has 4 aromatic heterocycles. The summed E-state index contributed by atoms with van der Waals surface area (Å²) in [4.78, 5) is 14.0. The standard InChI is InChI=1S/C34H26N3O.C18H24NSi.Ir/c1-34(2,3)27-20-23(22-10-5-4-6-11-22)16-17-29(27)37-30-18-19-35-21-28(30)36-33(37)26-14-9-13-25-24-12-7-8-15-31(24)38-32(25)26;1-14(2)11-16-12-17(15-9-7-6-8-10-15)19-13-18(16)20(3,4)5;/h4-13,15-21H,1-3H3;6-9,12-14H,11H2,1-5H3;/q2*-1;/i;11D2;. The van der Waals surface area contributed by atoms with Crippen molar-refractivity contribution in [1.29, 1.82) is 0 Å². The third-order valence-electron chi connectivity index (χ3n) is 10.3. The molecule has 7 heteroatoms. The summed E-state index contributed by atoms with van der Waals surface area (Å²) in [5.41, 5.74) is 11.4. The summed E-state index contributed by atoms with van der Waals surface area (Å²) in [5, 5.41) is 3.25. The van der Waals surface area contributed by atoms with E-state index in [0.29, 0.717) is 0 Å². The first kappa shape index (κ1) is 39.0. The van der Waals surface area contributed by atoms with Crippen LogP contribution in [0.15, 0.2) is 144 Å². The Morgan fingerprint density at radius 1 is 0.797 bits per heavy atom. The zero-order valence-electron chi connectivity index (χ0n) is 36.9. The van der Waals surface area contributed by atoms with Crippen LogP contribution < -0.4 is 5.19 Å². The zero-order chi connectivity index (χ0) is 42.4. The van der Waals surface area contributed by atoms with Crippen molar-refractivity contribution in [2.75, 3.05) is 0 Å². The van der Waals surface area contributed by atoms with Crippen molar-refractivity contribution in [3.8, 4) is 39.5 Å². The summed E-state index contributed by atoms with van der Waals surface area (Å²) < 4.78 is 25.7. The molecule has 0 N–H and O–H groups in total. The Morgan fingerprint density at radius 2 is 1.56 bits per heavy atom. The van der Waals surface area contributed by atoms with Gasteiger partial charge in [-0.2, -0.15) is 0 Å². The third kappa shape index (κ3) is 8.65. The quantitative estimate of drug-likeness (QED) is 0.118. The van der Waals surface area contributed by atoms with Crippen molar-refractivity contribution in [1.82, 2.24) is 19.5 Å². The van der Waals surface area contributed by atoms with E-state index >= 15 is 0 Å². The molecule has 1 radical (unpaired) electrons. The van der Waals surface area contributed by atoms with Crippen molar-refractivity contribution in [2.24, 2.45) is 5.92 Å². The normalized spacial score (nSPS) is 12.6. The second kappa shape index (κ2) is 17.0.